The number of benzene rings is 1. The van der Waals surface area contributed by atoms with Gasteiger partial charge in [0.15, 0.2) is 6.29 Å². The SMILES string of the molecule is O=Cc1ccc(C=CCNC(=O)OCc2ccccc2)nc1. The number of nitrogens with one attached hydrogen (secondary N) is 1. The minimum atomic E-state index is -0.474. The topological polar surface area (TPSA) is 68.3 Å². The third-order valence-electron chi connectivity index (χ3n) is 2.81. The standard InChI is InChI=1S/C17H16N2O3/c20-12-15-8-9-16(19-11-15)7-4-10-18-17(21)22-13-14-5-2-1-3-6-14/h1-9,11-12H,10,13H2,(H,18,21). The summed E-state index contributed by atoms with van der Waals surface area (Å²) in [7, 11) is 0. The van der Waals surface area contributed by atoms with E-state index in [9.17, 15) is 9.59 Å². The molecule has 2 rings (SSSR count). The van der Waals surface area contributed by atoms with Gasteiger partial charge in [0.05, 0.1) is 5.69 Å². The van der Waals surface area contributed by atoms with Crippen molar-refractivity contribution in [3.8, 4) is 0 Å². The fourth-order valence-electron chi connectivity index (χ4n) is 1.68. The molecule has 5 nitrogen and oxygen atoms in total. The van der Waals surface area contributed by atoms with Crippen LogP contribution in [-0.4, -0.2) is 23.9 Å². The van der Waals surface area contributed by atoms with Gasteiger partial charge in [0.25, 0.3) is 0 Å². The molecule has 112 valence electrons. The molecule has 5 heteroatoms. The van der Waals surface area contributed by atoms with Gasteiger partial charge < -0.3 is 10.1 Å². The summed E-state index contributed by atoms with van der Waals surface area (Å²) in [4.78, 5) is 26.1. The highest BCUT2D eigenvalue weighted by Crippen LogP contribution is 2.01. The van der Waals surface area contributed by atoms with Crippen molar-refractivity contribution >= 4 is 18.5 Å². The number of aldehydes is 1. The number of hydrogen-bond donors (Lipinski definition) is 1. The fourth-order valence-corrected chi connectivity index (χ4v) is 1.68. The molecule has 2 aromatic rings. The summed E-state index contributed by atoms with van der Waals surface area (Å²) in [5, 5.41) is 2.61. The summed E-state index contributed by atoms with van der Waals surface area (Å²) < 4.78 is 5.07. The number of amides is 1. The molecule has 0 bridgehead atoms. The molecule has 1 heterocycles. The predicted molar refractivity (Wildman–Crippen MR) is 83.3 cm³/mol. The highest BCUT2D eigenvalue weighted by atomic mass is 16.5. The number of nitrogens with zero attached hydrogens (tertiary/aromatic N) is 1. The lowest BCUT2D eigenvalue weighted by Crippen LogP contribution is -2.24. The largest absolute Gasteiger partial charge is 0.445 e. The lowest BCUT2D eigenvalue weighted by atomic mass is 10.2. The van der Waals surface area contributed by atoms with Gasteiger partial charge >= 0.3 is 6.09 Å². The molecule has 0 unspecified atom stereocenters. The van der Waals surface area contributed by atoms with E-state index in [1.165, 1.54) is 6.20 Å². The van der Waals surface area contributed by atoms with Gasteiger partial charge in [0, 0.05) is 18.3 Å². The van der Waals surface area contributed by atoms with Crippen molar-refractivity contribution < 1.29 is 14.3 Å². The first-order chi connectivity index (χ1) is 10.8. The van der Waals surface area contributed by atoms with E-state index < -0.39 is 6.09 Å². The molecule has 0 saturated carbocycles. The second kappa shape index (κ2) is 8.36. The van der Waals surface area contributed by atoms with Crippen LogP contribution in [0.5, 0.6) is 0 Å². The molecule has 22 heavy (non-hydrogen) atoms. The van der Waals surface area contributed by atoms with Crippen LogP contribution >= 0.6 is 0 Å². The van der Waals surface area contributed by atoms with Crippen molar-refractivity contribution in [3.05, 3.63) is 71.6 Å². The van der Waals surface area contributed by atoms with E-state index in [1.54, 1.807) is 24.3 Å². The van der Waals surface area contributed by atoms with E-state index in [2.05, 4.69) is 10.3 Å². The van der Waals surface area contributed by atoms with Gasteiger partial charge in [-0.3, -0.25) is 9.78 Å². The Balaban J connectivity index is 1.69. The first-order valence-electron chi connectivity index (χ1n) is 6.80. The number of carbonyl (C=O) groups is 2. The van der Waals surface area contributed by atoms with Crippen molar-refractivity contribution in [3.63, 3.8) is 0 Å². The molecule has 0 atom stereocenters. The molecule has 0 saturated heterocycles. The molecule has 0 aliphatic heterocycles. The van der Waals surface area contributed by atoms with Gasteiger partial charge in [0.2, 0.25) is 0 Å². The second-order valence-corrected chi connectivity index (χ2v) is 4.48. The van der Waals surface area contributed by atoms with E-state index in [-0.39, 0.29) is 6.61 Å². The molecule has 1 aromatic carbocycles. The van der Waals surface area contributed by atoms with Crippen LogP contribution in [0.15, 0.2) is 54.7 Å². The zero-order valence-corrected chi connectivity index (χ0v) is 11.9. The Labute approximate surface area is 128 Å². The lowest BCUT2D eigenvalue weighted by molar-refractivity contribution is 0.112. The third kappa shape index (κ3) is 5.20. The van der Waals surface area contributed by atoms with Gasteiger partial charge in [-0.1, -0.05) is 36.4 Å². The maximum atomic E-state index is 11.5. The molecule has 1 amide bonds. The Bertz CT molecular complexity index is 637. The summed E-state index contributed by atoms with van der Waals surface area (Å²) in [6.07, 6.45) is 5.27. The first-order valence-corrected chi connectivity index (χ1v) is 6.80. The van der Waals surface area contributed by atoms with Crippen LogP contribution in [0.3, 0.4) is 0 Å². The van der Waals surface area contributed by atoms with Gasteiger partial charge in [-0.25, -0.2) is 4.79 Å². The van der Waals surface area contributed by atoms with Crippen LogP contribution in [0, 0.1) is 0 Å². The number of hydrogen-bond acceptors (Lipinski definition) is 4. The smallest absolute Gasteiger partial charge is 0.407 e. The summed E-state index contributed by atoms with van der Waals surface area (Å²) in [5.74, 6) is 0. The number of pyridine rings is 1. The third-order valence-corrected chi connectivity index (χ3v) is 2.81. The van der Waals surface area contributed by atoms with Crippen molar-refractivity contribution in [2.45, 2.75) is 6.61 Å². The summed E-state index contributed by atoms with van der Waals surface area (Å²) in [6, 6.07) is 12.9. The average Bonchev–Trinajstić information content (AvgIpc) is 2.58. The van der Waals surface area contributed by atoms with Crippen LogP contribution < -0.4 is 5.32 Å². The minimum absolute atomic E-state index is 0.241. The zero-order valence-electron chi connectivity index (χ0n) is 11.9. The van der Waals surface area contributed by atoms with Crippen LogP contribution in [0.2, 0.25) is 0 Å². The van der Waals surface area contributed by atoms with E-state index in [4.69, 9.17) is 4.74 Å². The van der Waals surface area contributed by atoms with Crippen LogP contribution in [0.25, 0.3) is 6.08 Å². The van der Waals surface area contributed by atoms with Crippen LogP contribution in [0.1, 0.15) is 21.6 Å². The van der Waals surface area contributed by atoms with Gasteiger partial charge in [-0.2, -0.15) is 0 Å². The summed E-state index contributed by atoms with van der Waals surface area (Å²) >= 11 is 0. The van der Waals surface area contributed by atoms with Crippen LogP contribution in [-0.2, 0) is 11.3 Å². The molecule has 0 aliphatic carbocycles. The Morgan fingerprint density at radius 2 is 2.00 bits per heavy atom. The number of alkyl carbamates (subject to hydrolysis) is 1. The quantitative estimate of drug-likeness (QED) is 0.832. The van der Waals surface area contributed by atoms with Gasteiger partial charge in [-0.05, 0) is 23.8 Å². The Morgan fingerprint density at radius 1 is 1.18 bits per heavy atom. The number of carbonyl (C=O) groups excluding carboxylic acids is 2. The summed E-state index contributed by atoms with van der Waals surface area (Å²) in [5.41, 5.74) is 2.18. The Morgan fingerprint density at radius 3 is 2.68 bits per heavy atom. The maximum absolute atomic E-state index is 11.5. The monoisotopic (exact) mass is 296 g/mol. The average molecular weight is 296 g/mol. The second-order valence-electron chi connectivity index (χ2n) is 4.48. The first kappa shape index (κ1) is 15.4. The molecule has 1 aromatic heterocycles. The van der Waals surface area contributed by atoms with Gasteiger partial charge in [-0.15, -0.1) is 0 Å². The predicted octanol–water partition coefficient (Wildman–Crippen LogP) is 2.83. The molecule has 0 radical (unpaired) electrons. The minimum Gasteiger partial charge on any atom is -0.445 e. The van der Waals surface area contributed by atoms with Crippen LogP contribution in [0.4, 0.5) is 4.79 Å². The lowest BCUT2D eigenvalue weighted by Gasteiger charge is -2.05. The normalized spacial score (nSPS) is 10.4. The van der Waals surface area contributed by atoms with E-state index in [1.807, 2.05) is 30.3 Å². The molecule has 0 fully saturated rings. The van der Waals surface area contributed by atoms with E-state index >= 15 is 0 Å². The number of rotatable bonds is 6. The number of ether oxygens (including phenoxy) is 1. The Kier molecular flexibility index (Phi) is 5.87. The van der Waals surface area contributed by atoms with Crippen molar-refractivity contribution in [1.29, 1.82) is 0 Å². The van der Waals surface area contributed by atoms with E-state index in [0.29, 0.717) is 17.8 Å². The number of aromatic nitrogens is 1. The molecule has 0 spiro atoms. The highest BCUT2D eigenvalue weighted by Gasteiger charge is 2.00. The zero-order chi connectivity index (χ0) is 15.6. The van der Waals surface area contributed by atoms with Crippen molar-refractivity contribution in [2.24, 2.45) is 0 Å². The molecular weight excluding hydrogens is 280 g/mol. The fraction of sp³-hybridized carbons (Fsp3) is 0.118. The maximum Gasteiger partial charge on any atom is 0.407 e. The molecular formula is C17H16N2O3. The molecule has 1 N–H and O–H groups in total. The Hall–Kier alpha value is -2.95. The summed E-state index contributed by atoms with van der Waals surface area (Å²) in [6.45, 7) is 0.579. The van der Waals surface area contributed by atoms with E-state index in [0.717, 1.165) is 11.8 Å². The van der Waals surface area contributed by atoms with Crippen molar-refractivity contribution in [1.82, 2.24) is 10.3 Å². The van der Waals surface area contributed by atoms with Gasteiger partial charge in [0.1, 0.15) is 6.61 Å². The highest BCUT2D eigenvalue weighted by molar-refractivity contribution is 5.74. The molecule has 0 aliphatic rings. The van der Waals surface area contributed by atoms with Crippen molar-refractivity contribution in [2.75, 3.05) is 6.54 Å².